The molecule has 2 heterocycles. The topological polar surface area (TPSA) is 60.9 Å². The van der Waals surface area contributed by atoms with Crippen LogP contribution in [-0.2, 0) is 12.8 Å². The Morgan fingerprint density at radius 1 is 1.33 bits per heavy atom. The van der Waals surface area contributed by atoms with Crippen molar-refractivity contribution in [3.63, 3.8) is 0 Å². The van der Waals surface area contributed by atoms with Gasteiger partial charge >= 0.3 is 0 Å². The molecule has 21 heavy (non-hydrogen) atoms. The van der Waals surface area contributed by atoms with E-state index in [1.807, 2.05) is 13.0 Å². The number of nitrogens with zero attached hydrogens (tertiary/aromatic N) is 1. The zero-order valence-electron chi connectivity index (χ0n) is 12.5. The van der Waals surface area contributed by atoms with Crippen molar-refractivity contribution in [1.82, 2.24) is 15.3 Å². The van der Waals surface area contributed by atoms with Gasteiger partial charge < -0.3 is 10.1 Å². The van der Waals surface area contributed by atoms with Crippen molar-refractivity contribution in [2.45, 2.75) is 38.3 Å². The predicted octanol–water partition coefficient (Wildman–Crippen LogP) is 2.19. The van der Waals surface area contributed by atoms with Gasteiger partial charge in [-0.1, -0.05) is 30.3 Å². The Bertz CT molecular complexity index is 571. The Kier molecular flexibility index (Phi) is 4.08. The lowest BCUT2D eigenvalue weighted by atomic mass is 9.86. The van der Waals surface area contributed by atoms with Crippen LogP contribution >= 0.6 is 0 Å². The Balaban J connectivity index is 1.56. The average molecular weight is 285 g/mol. The van der Waals surface area contributed by atoms with Crippen LogP contribution in [0.25, 0.3) is 0 Å². The highest BCUT2D eigenvalue weighted by Crippen LogP contribution is 2.26. The first-order valence-electron chi connectivity index (χ1n) is 7.65. The standard InChI is InChI=1S/C17H23N3O/c1-13-16(19-12-18-13)10-17(21)8-7-15(11-20-17)9-14-5-3-2-4-6-14/h2-6,12,15,20-21H,7-11H2,1H3,(H,18,19). The molecular formula is C17H23N3O. The number of hydrogen-bond donors (Lipinski definition) is 3. The van der Waals surface area contributed by atoms with Gasteiger partial charge in [0, 0.05) is 18.7 Å². The average Bonchev–Trinajstić information content (AvgIpc) is 2.88. The first-order valence-corrected chi connectivity index (χ1v) is 7.65. The molecule has 4 heteroatoms. The van der Waals surface area contributed by atoms with Crippen LogP contribution in [-0.4, -0.2) is 27.3 Å². The minimum absolute atomic E-state index is 0.570. The summed E-state index contributed by atoms with van der Waals surface area (Å²) in [7, 11) is 0. The summed E-state index contributed by atoms with van der Waals surface area (Å²) in [6, 6.07) is 10.6. The number of aliphatic hydroxyl groups is 1. The van der Waals surface area contributed by atoms with Gasteiger partial charge in [0.1, 0.15) is 5.72 Å². The third-order valence-corrected chi connectivity index (χ3v) is 4.45. The number of piperidine rings is 1. The minimum atomic E-state index is -0.812. The molecule has 2 aromatic rings. The molecule has 0 saturated carbocycles. The normalized spacial score (nSPS) is 25.9. The number of aromatic amines is 1. The van der Waals surface area contributed by atoms with E-state index >= 15 is 0 Å². The van der Waals surface area contributed by atoms with E-state index in [-0.39, 0.29) is 0 Å². The Morgan fingerprint density at radius 3 is 2.76 bits per heavy atom. The Morgan fingerprint density at radius 2 is 2.14 bits per heavy atom. The number of imidazole rings is 1. The molecule has 1 aromatic carbocycles. The summed E-state index contributed by atoms with van der Waals surface area (Å²) < 4.78 is 0. The number of aromatic nitrogens is 2. The van der Waals surface area contributed by atoms with Crippen molar-refractivity contribution in [3.8, 4) is 0 Å². The van der Waals surface area contributed by atoms with Gasteiger partial charge in [0.25, 0.3) is 0 Å². The largest absolute Gasteiger partial charge is 0.375 e. The van der Waals surface area contributed by atoms with Crippen LogP contribution in [0, 0.1) is 12.8 Å². The molecule has 1 aliphatic rings. The van der Waals surface area contributed by atoms with E-state index in [0.29, 0.717) is 12.3 Å². The second-order valence-electron chi connectivity index (χ2n) is 6.16. The number of hydrogen-bond acceptors (Lipinski definition) is 3. The highest BCUT2D eigenvalue weighted by molar-refractivity contribution is 5.16. The third-order valence-electron chi connectivity index (χ3n) is 4.45. The van der Waals surface area contributed by atoms with Gasteiger partial charge in [-0.05, 0) is 37.7 Å². The SMILES string of the molecule is Cc1[nH]cnc1CC1(O)CCC(Cc2ccccc2)CN1. The third kappa shape index (κ3) is 3.52. The molecular weight excluding hydrogens is 262 g/mol. The summed E-state index contributed by atoms with van der Waals surface area (Å²) in [5.74, 6) is 0.591. The molecule has 112 valence electrons. The number of aryl methyl sites for hydroxylation is 1. The van der Waals surface area contributed by atoms with Crippen molar-refractivity contribution in [3.05, 3.63) is 53.6 Å². The van der Waals surface area contributed by atoms with Gasteiger partial charge in [-0.25, -0.2) is 4.98 Å². The first kappa shape index (κ1) is 14.3. The summed E-state index contributed by atoms with van der Waals surface area (Å²) in [5.41, 5.74) is 2.55. The van der Waals surface area contributed by atoms with E-state index in [4.69, 9.17) is 0 Å². The monoisotopic (exact) mass is 285 g/mol. The maximum Gasteiger partial charge on any atom is 0.121 e. The fourth-order valence-corrected chi connectivity index (χ4v) is 3.08. The maximum atomic E-state index is 10.7. The predicted molar refractivity (Wildman–Crippen MR) is 82.9 cm³/mol. The minimum Gasteiger partial charge on any atom is -0.375 e. The molecule has 0 amide bonds. The summed E-state index contributed by atoms with van der Waals surface area (Å²) >= 11 is 0. The zero-order valence-corrected chi connectivity index (χ0v) is 12.5. The van der Waals surface area contributed by atoms with Crippen molar-refractivity contribution in [2.75, 3.05) is 6.54 Å². The smallest absolute Gasteiger partial charge is 0.121 e. The summed E-state index contributed by atoms with van der Waals surface area (Å²) in [6.07, 6.45) is 5.15. The van der Waals surface area contributed by atoms with Gasteiger partial charge in [0.2, 0.25) is 0 Å². The fraction of sp³-hybridized carbons (Fsp3) is 0.471. The van der Waals surface area contributed by atoms with Crippen molar-refractivity contribution < 1.29 is 5.11 Å². The van der Waals surface area contributed by atoms with Gasteiger partial charge in [-0.2, -0.15) is 0 Å². The molecule has 1 saturated heterocycles. The molecule has 0 radical (unpaired) electrons. The van der Waals surface area contributed by atoms with E-state index in [1.54, 1.807) is 6.33 Å². The quantitative estimate of drug-likeness (QED) is 0.807. The Hall–Kier alpha value is -1.65. The van der Waals surface area contributed by atoms with Crippen molar-refractivity contribution >= 4 is 0 Å². The van der Waals surface area contributed by atoms with E-state index < -0.39 is 5.72 Å². The molecule has 1 aliphatic heterocycles. The van der Waals surface area contributed by atoms with E-state index in [9.17, 15) is 5.11 Å². The van der Waals surface area contributed by atoms with Crippen LogP contribution in [0.1, 0.15) is 29.8 Å². The fourth-order valence-electron chi connectivity index (χ4n) is 3.08. The molecule has 4 nitrogen and oxygen atoms in total. The van der Waals surface area contributed by atoms with Crippen LogP contribution < -0.4 is 5.32 Å². The molecule has 0 aliphatic carbocycles. The number of H-pyrrole nitrogens is 1. The van der Waals surface area contributed by atoms with E-state index in [0.717, 1.165) is 37.2 Å². The van der Waals surface area contributed by atoms with Gasteiger partial charge in [-0.15, -0.1) is 0 Å². The van der Waals surface area contributed by atoms with Crippen LogP contribution in [0.3, 0.4) is 0 Å². The number of rotatable bonds is 4. The molecule has 0 spiro atoms. The molecule has 3 N–H and O–H groups in total. The summed E-state index contributed by atoms with van der Waals surface area (Å²) in [4.78, 5) is 7.35. The summed E-state index contributed by atoms with van der Waals surface area (Å²) in [5, 5.41) is 14.0. The molecule has 0 bridgehead atoms. The second-order valence-corrected chi connectivity index (χ2v) is 6.16. The lowest BCUT2D eigenvalue weighted by molar-refractivity contribution is -0.0308. The Labute approximate surface area is 125 Å². The highest BCUT2D eigenvalue weighted by atomic mass is 16.3. The molecule has 2 unspecified atom stereocenters. The maximum absolute atomic E-state index is 10.7. The second kappa shape index (κ2) is 6.00. The van der Waals surface area contributed by atoms with Crippen LogP contribution in [0.2, 0.25) is 0 Å². The number of nitrogens with one attached hydrogen (secondary N) is 2. The van der Waals surface area contributed by atoms with Gasteiger partial charge in [0.05, 0.1) is 12.0 Å². The van der Waals surface area contributed by atoms with Crippen LogP contribution in [0.15, 0.2) is 36.7 Å². The van der Waals surface area contributed by atoms with Gasteiger partial charge in [-0.3, -0.25) is 5.32 Å². The molecule has 3 rings (SSSR count). The molecule has 1 aromatic heterocycles. The van der Waals surface area contributed by atoms with Crippen molar-refractivity contribution in [2.24, 2.45) is 5.92 Å². The van der Waals surface area contributed by atoms with Crippen molar-refractivity contribution in [1.29, 1.82) is 0 Å². The first-order chi connectivity index (χ1) is 10.1. The molecule has 2 atom stereocenters. The lowest BCUT2D eigenvalue weighted by Gasteiger charge is -2.37. The van der Waals surface area contributed by atoms with E-state index in [1.165, 1.54) is 5.56 Å². The van der Waals surface area contributed by atoms with Crippen LogP contribution in [0.5, 0.6) is 0 Å². The van der Waals surface area contributed by atoms with Gasteiger partial charge in [0.15, 0.2) is 0 Å². The lowest BCUT2D eigenvalue weighted by Crippen LogP contribution is -2.53. The summed E-state index contributed by atoms with van der Waals surface area (Å²) in [6.45, 7) is 2.85. The van der Waals surface area contributed by atoms with E-state index in [2.05, 4.69) is 39.6 Å². The number of benzene rings is 1. The highest BCUT2D eigenvalue weighted by Gasteiger charge is 2.33. The van der Waals surface area contributed by atoms with Crippen LogP contribution in [0.4, 0.5) is 0 Å². The zero-order chi connectivity index (χ0) is 14.7. The molecule has 1 fully saturated rings.